The van der Waals surface area contributed by atoms with E-state index >= 15 is 0 Å². The zero-order chi connectivity index (χ0) is 9.68. The summed E-state index contributed by atoms with van der Waals surface area (Å²) in [5.41, 5.74) is 0. The van der Waals surface area contributed by atoms with Crippen LogP contribution in [0.3, 0.4) is 0 Å². The van der Waals surface area contributed by atoms with E-state index < -0.39 is 0 Å². The van der Waals surface area contributed by atoms with Gasteiger partial charge in [0.1, 0.15) is 11.9 Å². The van der Waals surface area contributed by atoms with Crippen LogP contribution in [0.4, 0.5) is 0 Å². The molecule has 1 aliphatic rings. The molecule has 0 bridgehead atoms. The summed E-state index contributed by atoms with van der Waals surface area (Å²) in [6, 6.07) is 0. The maximum atomic E-state index is 9.94. The fourth-order valence-electron chi connectivity index (χ4n) is 2.09. The Balaban J connectivity index is 2.49. The highest BCUT2D eigenvalue weighted by Gasteiger charge is 2.24. The van der Waals surface area contributed by atoms with Crippen molar-refractivity contribution in [1.29, 1.82) is 0 Å². The van der Waals surface area contributed by atoms with Gasteiger partial charge in [0, 0.05) is 0 Å². The highest BCUT2D eigenvalue weighted by atomic mass is 16.5. The molecule has 1 unspecified atom stereocenters. The molecule has 1 aliphatic carbocycles. The van der Waals surface area contributed by atoms with Crippen molar-refractivity contribution < 1.29 is 9.84 Å². The fourth-order valence-corrected chi connectivity index (χ4v) is 2.09. The SMILES string of the molecule is C/C=C(/OC)C(O)C1CCCCC1. The Kier molecular flexibility index (Phi) is 4.29. The Hall–Kier alpha value is -0.500. The molecule has 2 nitrogen and oxygen atoms in total. The normalized spacial score (nSPS) is 22.8. The van der Waals surface area contributed by atoms with Crippen LogP contribution in [0, 0.1) is 5.92 Å². The van der Waals surface area contributed by atoms with E-state index in [1.165, 1.54) is 19.3 Å². The van der Waals surface area contributed by atoms with Crippen LogP contribution in [0.15, 0.2) is 11.8 Å². The van der Waals surface area contributed by atoms with E-state index in [0.29, 0.717) is 5.92 Å². The third-order valence-electron chi connectivity index (χ3n) is 2.91. The summed E-state index contributed by atoms with van der Waals surface area (Å²) in [5, 5.41) is 9.94. The Morgan fingerprint density at radius 1 is 1.38 bits per heavy atom. The molecule has 13 heavy (non-hydrogen) atoms. The van der Waals surface area contributed by atoms with Crippen molar-refractivity contribution in [1.82, 2.24) is 0 Å². The lowest BCUT2D eigenvalue weighted by Crippen LogP contribution is -2.25. The maximum Gasteiger partial charge on any atom is 0.120 e. The quantitative estimate of drug-likeness (QED) is 0.683. The van der Waals surface area contributed by atoms with E-state index in [-0.39, 0.29) is 6.10 Å². The first-order valence-corrected chi connectivity index (χ1v) is 5.18. The van der Waals surface area contributed by atoms with Crippen LogP contribution in [0.1, 0.15) is 39.0 Å². The second kappa shape index (κ2) is 5.28. The Morgan fingerprint density at radius 2 is 2.00 bits per heavy atom. The van der Waals surface area contributed by atoms with E-state index in [2.05, 4.69) is 0 Å². The standard InChI is InChI=1S/C11H20O2/c1-3-10(13-2)11(12)9-7-5-4-6-8-9/h3,9,11-12H,4-8H2,1-2H3/b10-3+. The predicted molar refractivity (Wildman–Crippen MR) is 53.3 cm³/mol. The van der Waals surface area contributed by atoms with Gasteiger partial charge in [-0.25, -0.2) is 0 Å². The van der Waals surface area contributed by atoms with E-state index in [0.717, 1.165) is 18.6 Å². The monoisotopic (exact) mass is 184 g/mol. The zero-order valence-electron chi connectivity index (χ0n) is 8.62. The van der Waals surface area contributed by atoms with Gasteiger partial charge in [-0.1, -0.05) is 19.3 Å². The zero-order valence-corrected chi connectivity index (χ0v) is 8.62. The summed E-state index contributed by atoms with van der Waals surface area (Å²) in [5.74, 6) is 1.15. The lowest BCUT2D eigenvalue weighted by Gasteiger charge is -2.27. The van der Waals surface area contributed by atoms with Crippen molar-refractivity contribution in [2.24, 2.45) is 5.92 Å². The van der Waals surface area contributed by atoms with Gasteiger partial charge < -0.3 is 9.84 Å². The molecule has 0 aliphatic heterocycles. The molecule has 1 rings (SSSR count). The molecule has 0 aromatic rings. The number of ether oxygens (including phenoxy) is 1. The van der Waals surface area contributed by atoms with Crippen LogP contribution in [-0.4, -0.2) is 18.3 Å². The molecule has 2 heteroatoms. The molecular weight excluding hydrogens is 164 g/mol. The van der Waals surface area contributed by atoms with Crippen molar-refractivity contribution in [3.05, 3.63) is 11.8 Å². The molecular formula is C11H20O2. The number of hydrogen-bond acceptors (Lipinski definition) is 2. The summed E-state index contributed by atoms with van der Waals surface area (Å²) in [6.45, 7) is 1.91. The first kappa shape index (κ1) is 10.6. The minimum Gasteiger partial charge on any atom is -0.499 e. The average molecular weight is 184 g/mol. The van der Waals surface area contributed by atoms with Gasteiger partial charge in [-0.15, -0.1) is 0 Å². The highest BCUT2D eigenvalue weighted by molar-refractivity contribution is 5.00. The molecule has 0 saturated heterocycles. The van der Waals surface area contributed by atoms with Crippen LogP contribution in [0.25, 0.3) is 0 Å². The summed E-state index contributed by atoms with van der Waals surface area (Å²) < 4.78 is 5.13. The molecule has 0 spiro atoms. The average Bonchev–Trinajstić information content (AvgIpc) is 2.21. The van der Waals surface area contributed by atoms with E-state index in [4.69, 9.17) is 4.74 Å². The molecule has 0 radical (unpaired) electrons. The molecule has 0 aromatic carbocycles. The number of methoxy groups -OCH3 is 1. The van der Waals surface area contributed by atoms with Crippen LogP contribution in [-0.2, 0) is 4.74 Å². The first-order valence-electron chi connectivity index (χ1n) is 5.18. The molecule has 0 heterocycles. The molecule has 1 atom stereocenters. The number of rotatable bonds is 3. The molecule has 76 valence electrons. The molecule has 0 amide bonds. The third kappa shape index (κ3) is 2.73. The Labute approximate surface area is 80.6 Å². The van der Waals surface area contributed by atoms with Gasteiger partial charge in [-0.2, -0.15) is 0 Å². The largest absolute Gasteiger partial charge is 0.499 e. The second-order valence-corrected chi connectivity index (χ2v) is 3.74. The first-order chi connectivity index (χ1) is 6.29. The van der Waals surface area contributed by atoms with Gasteiger partial charge in [0.15, 0.2) is 0 Å². The van der Waals surface area contributed by atoms with Crippen molar-refractivity contribution >= 4 is 0 Å². The third-order valence-corrected chi connectivity index (χ3v) is 2.91. The number of aliphatic hydroxyl groups is 1. The lowest BCUT2D eigenvalue weighted by atomic mass is 9.84. The number of aliphatic hydroxyl groups excluding tert-OH is 1. The smallest absolute Gasteiger partial charge is 0.120 e. The fraction of sp³-hybridized carbons (Fsp3) is 0.818. The molecule has 0 aromatic heterocycles. The maximum absolute atomic E-state index is 9.94. The summed E-state index contributed by atoms with van der Waals surface area (Å²) in [4.78, 5) is 0. The minimum absolute atomic E-state index is 0.379. The topological polar surface area (TPSA) is 29.5 Å². The second-order valence-electron chi connectivity index (χ2n) is 3.74. The number of hydrogen-bond donors (Lipinski definition) is 1. The van der Waals surface area contributed by atoms with Crippen molar-refractivity contribution in [3.8, 4) is 0 Å². The van der Waals surface area contributed by atoms with Gasteiger partial charge in [0.05, 0.1) is 7.11 Å². The van der Waals surface area contributed by atoms with Crippen molar-refractivity contribution in [2.75, 3.05) is 7.11 Å². The van der Waals surface area contributed by atoms with Crippen LogP contribution >= 0.6 is 0 Å². The minimum atomic E-state index is -0.379. The van der Waals surface area contributed by atoms with Crippen molar-refractivity contribution in [2.45, 2.75) is 45.1 Å². The molecule has 1 saturated carbocycles. The summed E-state index contributed by atoms with van der Waals surface area (Å²) >= 11 is 0. The summed E-state index contributed by atoms with van der Waals surface area (Å²) in [7, 11) is 1.63. The predicted octanol–water partition coefficient (Wildman–Crippen LogP) is 2.48. The number of allylic oxidation sites excluding steroid dienone is 1. The Bertz CT molecular complexity index is 169. The molecule has 1 N–H and O–H groups in total. The van der Waals surface area contributed by atoms with Gasteiger partial charge in [0.25, 0.3) is 0 Å². The molecule has 1 fully saturated rings. The summed E-state index contributed by atoms with van der Waals surface area (Å²) in [6.07, 6.45) is 7.59. The van der Waals surface area contributed by atoms with Crippen LogP contribution < -0.4 is 0 Å². The van der Waals surface area contributed by atoms with E-state index in [1.54, 1.807) is 7.11 Å². The van der Waals surface area contributed by atoms with Gasteiger partial charge in [-0.05, 0) is 31.8 Å². The van der Waals surface area contributed by atoms with Gasteiger partial charge in [-0.3, -0.25) is 0 Å². The lowest BCUT2D eigenvalue weighted by molar-refractivity contribution is 0.0630. The van der Waals surface area contributed by atoms with E-state index in [1.807, 2.05) is 13.0 Å². The van der Waals surface area contributed by atoms with Gasteiger partial charge in [0.2, 0.25) is 0 Å². The van der Waals surface area contributed by atoms with E-state index in [9.17, 15) is 5.11 Å². The van der Waals surface area contributed by atoms with Crippen molar-refractivity contribution in [3.63, 3.8) is 0 Å². The van der Waals surface area contributed by atoms with Gasteiger partial charge >= 0.3 is 0 Å². The van der Waals surface area contributed by atoms with Crippen LogP contribution in [0.2, 0.25) is 0 Å². The van der Waals surface area contributed by atoms with Crippen LogP contribution in [0.5, 0.6) is 0 Å². The highest BCUT2D eigenvalue weighted by Crippen LogP contribution is 2.29. The Morgan fingerprint density at radius 3 is 2.46 bits per heavy atom.